The van der Waals surface area contributed by atoms with Crippen LogP contribution in [0.3, 0.4) is 0 Å². The third-order valence-corrected chi connectivity index (χ3v) is 4.09. The van der Waals surface area contributed by atoms with Gasteiger partial charge in [0, 0.05) is 0 Å². The number of nitrogens with two attached hydrogens (primary N) is 1. The van der Waals surface area contributed by atoms with Crippen LogP contribution in [0.4, 0.5) is 0 Å². The first-order valence-corrected chi connectivity index (χ1v) is 9.72. The Bertz CT molecular complexity index is 331. The Morgan fingerprint density at radius 1 is 0.905 bits per heavy atom. The fourth-order valence-electron chi connectivity index (χ4n) is 1.43. The molecular weight excluding hydrogens is 324 g/mol. The number of hydrogen-bond acceptors (Lipinski definition) is 5. The number of unbranched alkanes of at least 4 members (excludes halogenated alkanes) is 3. The van der Waals surface area contributed by atoms with Crippen LogP contribution in [-0.4, -0.2) is 30.4 Å². The molecule has 0 rings (SSSR count). The van der Waals surface area contributed by atoms with Crippen molar-refractivity contribution in [1.29, 1.82) is 0 Å². The van der Waals surface area contributed by atoms with Crippen molar-refractivity contribution < 1.29 is 38.1 Å². The van der Waals surface area contributed by atoms with Gasteiger partial charge in [-0.1, -0.05) is 33.1 Å². The maximum Gasteiger partial charge on any atom is 0.478 e. The van der Waals surface area contributed by atoms with Gasteiger partial charge >= 0.3 is 15.6 Å². The Morgan fingerprint density at radius 2 is 1.29 bits per heavy atom. The summed E-state index contributed by atoms with van der Waals surface area (Å²) in [5.41, 5.74) is 4.80. The van der Waals surface area contributed by atoms with Gasteiger partial charge < -0.3 is 30.4 Å². The van der Waals surface area contributed by atoms with Crippen molar-refractivity contribution in [2.24, 2.45) is 5.73 Å². The molecule has 0 aliphatic carbocycles. The van der Waals surface area contributed by atoms with Crippen LogP contribution in [0.2, 0.25) is 0 Å². The van der Waals surface area contributed by atoms with Gasteiger partial charge in [0.2, 0.25) is 0 Å². The highest BCUT2D eigenvalue weighted by molar-refractivity contribution is 7.60. The molecule has 0 heterocycles. The van der Waals surface area contributed by atoms with Gasteiger partial charge in [0.15, 0.2) is 0 Å². The van der Waals surface area contributed by atoms with Crippen molar-refractivity contribution in [3.05, 3.63) is 0 Å². The summed E-state index contributed by atoms with van der Waals surface area (Å²) in [6, 6.07) is 0. The number of phosphoric acid groups is 2. The van der Waals surface area contributed by atoms with Gasteiger partial charge in [-0.25, -0.2) is 9.13 Å². The maximum atomic E-state index is 9.65. The molecule has 9 nitrogen and oxygen atoms in total. The highest BCUT2D eigenvalue weighted by Gasteiger charge is 2.27. The second-order valence-electron chi connectivity index (χ2n) is 4.73. The molecule has 0 saturated carbocycles. The first-order valence-electron chi connectivity index (χ1n) is 6.66. The summed E-state index contributed by atoms with van der Waals surface area (Å²) < 4.78 is 22.2. The summed E-state index contributed by atoms with van der Waals surface area (Å²) in [5.74, 6) is 0. The second kappa shape index (κ2) is 10.8. The third kappa shape index (κ3) is 22.6. The molecule has 0 amide bonds. The van der Waals surface area contributed by atoms with E-state index in [0.29, 0.717) is 0 Å². The largest absolute Gasteiger partial charge is 0.478 e. The lowest BCUT2D eigenvalue weighted by atomic mass is 10.00. The number of rotatable bonds is 9. The van der Waals surface area contributed by atoms with Crippen molar-refractivity contribution >= 4 is 15.6 Å². The molecule has 1 atom stereocenters. The molecule has 0 radical (unpaired) electrons. The van der Waals surface area contributed by atoms with E-state index in [9.17, 15) is 14.2 Å². The molecular formula is C10H27NO8P2. The molecule has 130 valence electrons. The van der Waals surface area contributed by atoms with E-state index in [1.54, 1.807) is 0 Å². The van der Waals surface area contributed by atoms with E-state index in [1.165, 1.54) is 12.8 Å². The lowest BCUT2D eigenvalue weighted by molar-refractivity contribution is 0.0246. The predicted molar refractivity (Wildman–Crippen MR) is 78.0 cm³/mol. The average Bonchev–Trinajstić information content (AvgIpc) is 2.22. The smallest absolute Gasteiger partial charge is 0.376 e. The van der Waals surface area contributed by atoms with E-state index < -0.39 is 21.4 Å². The van der Waals surface area contributed by atoms with Gasteiger partial charge in [0.05, 0.1) is 0 Å². The standard InChI is InChI=1S/C10H23NO.H4O7P2/c1-3-5-7-9-10(11,12)8-6-4-2;1-8(2,3)7-9(4,5)6/h12H,3-9,11H2,1-2H3;(H2,1,2,3)(H2,4,5,6). The molecule has 0 aromatic carbocycles. The van der Waals surface area contributed by atoms with Crippen molar-refractivity contribution in [3.63, 3.8) is 0 Å². The average molecular weight is 351 g/mol. The van der Waals surface area contributed by atoms with Crippen LogP contribution in [0, 0.1) is 0 Å². The Morgan fingerprint density at radius 3 is 1.57 bits per heavy atom. The van der Waals surface area contributed by atoms with Gasteiger partial charge in [-0.15, -0.1) is 0 Å². The zero-order chi connectivity index (χ0) is 17.2. The van der Waals surface area contributed by atoms with Crippen molar-refractivity contribution in [2.45, 2.75) is 64.5 Å². The molecule has 0 aromatic heterocycles. The summed E-state index contributed by atoms with van der Waals surface area (Å²) in [5, 5.41) is 9.65. The predicted octanol–water partition coefficient (Wildman–Crippen LogP) is 1.59. The molecule has 11 heteroatoms. The van der Waals surface area contributed by atoms with Gasteiger partial charge in [0.25, 0.3) is 0 Å². The van der Waals surface area contributed by atoms with E-state index >= 15 is 0 Å². The fourth-order valence-corrected chi connectivity index (χ4v) is 2.54. The normalized spacial score (nSPS) is 15.0. The van der Waals surface area contributed by atoms with Crippen LogP contribution >= 0.6 is 15.6 Å². The van der Waals surface area contributed by atoms with Crippen molar-refractivity contribution in [3.8, 4) is 0 Å². The minimum absolute atomic E-state index is 0.743. The van der Waals surface area contributed by atoms with Gasteiger partial charge in [0.1, 0.15) is 5.72 Å². The number of hydrogen-bond donors (Lipinski definition) is 6. The van der Waals surface area contributed by atoms with Crippen molar-refractivity contribution in [2.75, 3.05) is 0 Å². The SMILES string of the molecule is CCCCCC(N)(O)CCCC.O=P(O)(O)OP(=O)(O)O. The molecule has 0 bridgehead atoms. The molecule has 0 saturated heterocycles. The summed E-state index contributed by atoms with van der Waals surface area (Å²) >= 11 is 0. The maximum absolute atomic E-state index is 9.65. The quantitative estimate of drug-likeness (QED) is 0.205. The Balaban J connectivity index is 0. The molecule has 0 spiro atoms. The minimum Gasteiger partial charge on any atom is -0.376 e. The second-order valence-corrected chi connectivity index (χ2v) is 7.34. The highest BCUT2D eigenvalue weighted by Crippen LogP contribution is 2.53. The van der Waals surface area contributed by atoms with E-state index in [2.05, 4.69) is 18.2 Å². The molecule has 1 unspecified atom stereocenters. The lowest BCUT2D eigenvalue weighted by Gasteiger charge is -2.22. The van der Waals surface area contributed by atoms with Crippen LogP contribution in [0.1, 0.15) is 58.8 Å². The van der Waals surface area contributed by atoms with Crippen LogP contribution in [0.25, 0.3) is 0 Å². The lowest BCUT2D eigenvalue weighted by Crippen LogP contribution is -2.39. The zero-order valence-corrected chi connectivity index (χ0v) is 14.2. The molecule has 7 N–H and O–H groups in total. The number of aliphatic hydroxyl groups is 1. The van der Waals surface area contributed by atoms with Crippen LogP contribution < -0.4 is 5.73 Å². The fraction of sp³-hybridized carbons (Fsp3) is 1.00. The highest BCUT2D eigenvalue weighted by atomic mass is 31.3. The monoisotopic (exact) mass is 351 g/mol. The summed E-state index contributed by atoms with van der Waals surface area (Å²) in [6.07, 6.45) is 7.03. The summed E-state index contributed by atoms with van der Waals surface area (Å²) in [4.78, 5) is 31.0. The van der Waals surface area contributed by atoms with E-state index in [4.69, 9.17) is 25.3 Å². The van der Waals surface area contributed by atoms with E-state index in [0.717, 1.165) is 32.1 Å². The first kappa shape index (κ1) is 23.4. The molecule has 0 aliphatic rings. The third-order valence-electron chi connectivity index (χ3n) is 2.39. The van der Waals surface area contributed by atoms with Crippen LogP contribution in [-0.2, 0) is 13.4 Å². The van der Waals surface area contributed by atoms with Gasteiger partial charge in [-0.3, -0.25) is 0 Å². The van der Waals surface area contributed by atoms with Crippen LogP contribution in [0.5, 0.6) is 0 Å². The molecule has 21 heavy (non-hydrogen) atoms. The molecule has 0 fully saturated rings. The Labute approximate surface area is 125 Å². The van der Waals surface area contributed by atoms with Gasteiger partial charge in [-0.2, -0.15) is 4.31 Å². The van der Waals surface area contributed by atoms with E-state index in [1.807, 2.05) is 0 Å². The topological polar surface area (TPSA) is 171 Å². The van der Waals surface area contributed by atoms with E-state index in [-0.39, 0.29) is 0 Å². The van der Waals surface area contributed by atoms with Crippen LogP contribution in [0.15, 0.2) is 0 Å². The summed E-state index contributed by atoms with van der Waals surface area (Å²) in [7, 11) is -10.1. The first-order chi connectivity index (χ1) is 9.33. The molecule has 0 aromatic rings. The molecule has 0 aliphatic heterocycles. The zero-order valence-electron chi connectivity index (χ0n) is 12.4. The minimum atomic E-state index is -5.05. The van der Waals surface area contributed by atoms with Gasteiger partial charge in [-0.05, 0) is 25.7 Å². The summed E-state index contributed by atoms with van der Waals surface area (Å²) in [6.45, 7) is 4.27. The van der Waals surface area contributed by atoms with Crippen molar-refractivity contribution in [1.82, 2.24) is 0 Å². The Kier molecular flexibility index (Phi) is 12.1. The Hall–Kier alpha value is 0.180.